The van der Waals surface area contributed by atoms with Gasteiger partial charge in [-0.2, -0.15) is 0 Å². The predicted octanol–water partition coefficient (Wildman–Crippen LogP) is 2.99. The van der Waals surface area contributed by atoms with E-state index in [-0.39, 0.29) is 12.0 Å². The third-order valence-corrected chi connectivity index (χ3v) is 3.85. The second-order valence-electron chi connectivity index (χ2n) is 5.77. The molecule has 0 N–H and O–H groups in total. The number of hydrogen-bond donors (Lipinski definition) is 0. The average Bonchev–Trinajstić information content (AvgIpc) is 2.95. The van der Waals surface area contributed by atoms with E-state index < -0.39 is 0 Å². The van der Waals surface area contributed by atoms with Gasteiger partial charge < -0.3 is 9.64 Å². The number of nitrogens with zero attached hydrogens (tertiary/aromatic N) is 2. The molecule has 3 rings (SSSR count). The van der Waals surface area contributed by atoms with E-state index in [2.05, 4.69) is 4.98 Å². The lowest BCUT2D eigenvalue weighted by Crippen LogP contribution is -2.31. The number of aryl methyl sites for hydroxylation is 2. The van der Waals surface area contributed by atoms with E-state index in [4.69, 9.17) is 4.74 Å². The van der Waals surface area contributed by atoms with Crippen molar-refractivity contribution in [2.45, 2.75) is 26.4 Å². The smallest absolute Gasteiger partial charge is 0.253 e. The van der Waals surface area contributed by atoms with Crippen LogP contribution in [0.2, 0.25) is 0 Å². The van der Waals surface area contributed by atoms with Crippen molar-refractivity contribution < 1.29 is 9.53 Å². The average molecular weight is 296 g/mol. The highest BCUT2D eigenvalue weighted by Gasteiger charge is 2.28. The molecule has 4 heteroatoms. The van der Waals surface area contributed by atoms with Crippen LogP contribution < -0.4 is 4.74 Å². The molecule has 1 aliphatic rings. The first-order chi connectivity index (χ1) is 10.6. The van der Waals surface area contributed by atoms with Crippen molar-refractivity contribution in [1.29, 1.82) is 0 Å². The number of benzene rings is 1. The van der Waals surface area contributed by atoms with Gasteiger partial charge in [0.25, 0.3) is 5.91 Å². The number of likely N-dealkylation sites (tertiary alicyclic amines) is 1. The van der Waals surface area contributed by atoms with Crippen molar-refractivity contribution in [3.05, 3.63) is 59.3 Å². The second kappa shape index (κ2) is 6.18. The van der Waals surface area contributed by atoms with Gasteiger partial charge in [0.1, 0.15) is 6.10 Å². The molecule has 1 aromatic carbocycles. The predicted molar refractivity (Wildman–Crippen MR) is 85.1 cm³/mol. The molecule has 0 spiro atoms. The number of hydrogen-bond acceptors (Lipinski definition) is 3. The zero-order chi connectivity index (χ0) is 15.5. The Morgan fingerprint density at radius 3 is 2.82 bits per heavy atom. The van der Waals surface area contributed by atoms with E-state index in [1.54, 1.807) is 0 Å². The summed E-state index contributed by atoms with van der Waals surface area (Å²) in [6.45, 7) is 5.27. The fraction of sp³-hybridized carbons (Fsp3) is 0.333. The van der Waals surface area contributed by atoms with E-state index in [0.717, 1.165) is 29.8 Å². The molecule has 0 aliphatic carbocycles. The van der Waals surface area contributed by atoms with Crippen LogP contribution in [0.5, 0.6) is 5.88 Å². The Bertz CT molecular complexity index is 684. The Hall–Kier alpha value is -2.36. The molecular weight excluding hydrogens is 276 g/mol. The summed E-state index contributed by atoms with van der Waals surface area (Å²) in [5.41, 5.74) is 2.78. The lowest BCUT2D eigenvalue weighted by atomic mass is 10.1. The maximum atomic E-state index is 12.5. The minimum absolute atomic E-state index is 0.0167. The lowest BCUT2D eigenvalue weighted by molar-refractivity contribution is 0.0771. The van der Waals surface area contributed by atoms with Gasteiger partial charge in [0.2, 0.25) is 5.88 Å². The summed E-state index contributed by atoms with van der Waals surface area (Å²) in [5, 5.41) is 0. The third-order valence-electron chi connectivity index (χ3n) is 3.85. The Labute approximate surface area is 130 Å². The quantitative estimate of drug-likeness (QED) is 0.874. The number of carbonyl (C=O) groups is 1. The molecule has 0 bridgehead atoms. The van der Waals surface area contributed by atoms with E-state index >= 15 is 0 Å². The van der Waals surface area contributed by atoms with E-state index in [9.17, 15) is 4.79 Å². The molecule has 1 atom stereocenters. The van der Waals surface area contributed by atoms with Crippen molar-refractivity contribution in [3.63, 3.8) is 0 Å². The molecule has 2 aromatic rings. The van der Waals surface area contributed by atoms with Crippen LogP contribution in [0.3, 0.4) is 0 Å². The first kappa shape index (κ1) is 14.6. The lowest BCUT2D eigenvalue weighted by Gasteiger charge is -2.17. The van der Waals surface area contributed by atoms with Gasteiger partial charge in [0.05, 0.1) is 6.54 Å². The number of amides is 1. The van der Waals surface area contributed by atoms with Crippen molar-refractivity contribution in [2.24, 2.45) is 0 Å². The van der Waals surface area contributed by atoms with Gasteiger partial charge in [-0.15, -0.1) is 0 Å². The summed E-state index contributed by atoms with van der Waals surface area (Å²) in [6, 6.07) is 13.4. The molecule has 1 aromatic heterocycles. The third kappa shape index (κ3) is 3.27. The van der Waals surface area contributed by atoms with Gasteiger partial charge in [0.15, 0.2) is 0 Å². The Kier molecular flexibility index (Phi) is 4.09. The van der Waals surface area contributed by atoms with Gasteiger partial charge >= 0.3 is 0 Å². The summed E-state index contributed by atoms with van der Waals surface area (Å²) < 4.78 is 5.89. The molecular formula is C18H20N2O2. The zero-order valence-electron chi connectivity index (χ0n) is 13.0. The molecule has 1 aliphatic heterocycles. The standard InChI is InChI=1S/C18H20N2O2/c1-13-5-3-7-15(11-13)18(21)20-10-9-16(12-20)22-17-8-4-6-14(2)19-17/h3-8,11,16H,9-10,12H2,1-2H3. The van der Waals surface area contributed by atoms with E-state index in [0.29, 0.717) is 12.4 Å². The molecule has 1 saturated heterocycles. The normalized spacial score (nSPS) is 17.5. The van der Waals surface area contributed by atoms with Crippen LogP contribution in [-0.2, 0) is 0 Å². The Morgan fingerprint density at radius 2 is 2.05 bits per heavy atom. The van der Waals surface area contributed by atoms with Crippen molar-refractivity contribution >= 4 is 5.91 Å². The van der Waals surface area contributed by atoms with Gasteiger partial charge in [-0.05, 0) is 32.0 Å². The summed E-state index contributed by atoms with van der Waals surface area (Å²) in [6.07, 6.45) is 0.857. The first-order valence-electron chi connectivity index (χ1n) is 7.58. The molecule has 1 unspecified atom stereocenters. The minimum atomic E-state index is 0.0167. The summed E-state index contributed by atoms with van der Waals surface area (Å²) >= 11 is 0. The summed E-state index contributed by atoms with van der Waals surface area (Å²) in [4.78, 5) is 18.7. The topological polar surface area (TPSA) is 42.4 Å². The van der Waals surface area contributed by atoms with Crippen molar-refractivity contribution in [1.82, 2.24) is 9.88 Å². The fourth-order valence-corrected chi connectivity index (χ4v) is 2.72. The van der Waals surface area contributed by atoms with Gasteiger partial charge in [-0.25, -0.2) is 4.98 Å². The highest BCUT2D eigenvalue weighted by atomic mass is 16.5. The number of pyridine rings is 1. The van der Waals surface area contributed by atoms with E-state index in [1.165, 1.54) is 0 Å². The second-order valence-corrected chi connectivity index (χ2v) is 5.77. The molecule has 1 fully saturated rings. The Balaban J connectivity index is 1.63. The molecule has 114 valence electrons. The van der Waals surface area contributed by atoms with Crippen LogP contribution in [-0.4, -0.2) is 35.0 Å². The van der Waals surface area contributed by atoms with Crippen LogP contribution in [0.15, 0.2) is 42.5 Å². The largest absolute Gasteiger partial charge is 0.472 e. The van der Waals surface area contributed by atoms with Crippen LogP contribution >= 0.6 is 0 Å². The maximum Gasteiger partial charge on any atom is 0.253 e. The monoisotopic (exact) mass is 296 g/mol. The number of carbonyl (C=O) groups excluding carboxylic acids is 1. The van der Waals surface area contributed by atoms with Crippen LogP contribution in [0, 0.1) is 13.8 Å². The van der Waals surface area contributed by atoms with Crippen LogP contribution in [0.4, 0.5) is 0 Å². The first-order valence-corrected chi connectivity index (χ1v) is 7.58. The Morgan fingerprint density at radius 1 is 1.23 bits per heavy atom. The number of aromatic nitrogens is 1. The number of ether oxygens (including phenoxy) is 1. The number of rotatable bonds is 3. The maximum absolute atomic E-state index is 12.5. The van der Waals surface area contributed by atoms with Crippen LogP contribution in [0.1, 0.15) is 28.0 Å². The molecule has 0 saturated carbocycles. The van der Waals surface area contributed by atoms with Gasteiger partial charge in [-0.1, -0.05) is 23.8 Å². The van der Waals surface area contributed by atoms with Gasteiger partial charge in [-0.3, -0.25) is 4.79 Å². The van der Waals surface area contributed by atoms with Gasteiger partial charge in [0, 0.05) is 30.3 Å². The fourth-order valence-electron chi connectivity index (χ4n) is 2.72. The van der Waals surface area contributed by atoms with E-state index in [1.807, 2.05) is 61.2 Å². The SMILES string of the molecule is Cc1cccc(C(=O)N2CCC(Oc3cccc(C)n3)C2)c1. The molecule has 1 amide bonds. The minimum Gasteiger partial charge on any atom is -0.472 e. The van der Waals surface area contributed by atoms with Crippen LogP contribution in [0.25, 0.3) is 0 Å². The zero-order valence-corrected chi connectivity index (χ0v) is 13.0. The highest BCUT2D eigenvalue weighted by Crippen LogP contribution is 2.19. The molecule has 22 heavy (non-hydrogen) atoms. The van der Waals surface area contributed by atoms with Crippen molar-refractivity contribution in [3.8, 4) is 5.88 Å². The van der Waals surface area contributed by atoms with Crippen molar-refractivity contribution in [2.75, 3.05) is 13.1 Å². The summed E-state index contributed by atoms with van der Waals surface area (Å²) in [7, 11) is 0. The molecule has 0 radical (unpaired) electrons. The molecule has 4 nitrogen and oxygen atoms in total. The summed E-state index contributed by atoms with van der Waals surface area (Å²) in [5.74, 6) is 0.710. The highest BCUT2D eigenvalue weighted by molar-refractivity contribution is 5.94. The molecule has 2 heterocycles.